The summed E-state index contributed by atoms with van der Waals surface area (Å²) in [6.07, 6.45) is 5.50. The Morgan fingerprint density at radius 1 is 1.11 bits per heavy atom. The van der Waals surface area contributed by atoms with Gasteiger partial charge >= 0.3 is 0 Å². The number of hydrogen-bond donors (Lipinski definition) is 2. The van der Waals surface area contributed by atoms with Gasteiger partial charge < -0.3 is 5.32 Å². The number of benzene rings is 3. The summed E-state index contributed by atoms with van der Waals surface area (Å²) < 4.78 is 13.5. The number of hydrazone groups is 1. The fraction of sp³-hybridized carbons (Fsp3) is 0.267. The Morgan fingerprint density at radius 3 is 2.67 bits per heavy atom. The maximum atomic E-state index is 13.5. The maximum Gasteiger partial charge on any atom is 0.250 e. The van der Waals surface area contributed by atoms with Gasteiger partial charge in [-0.2, -0.15) is 5.10 Å². The molecular weight excluding hydrogens is 469 g/mol. The highest BCUT2D eigenvalue weighted by atomic mass is 32.2. The van der Waals surface area contributed by atoms with Crippen molar-refractivity contribution >= 4 is 29.1 Å². The van der Waals surface area contributed by atoms with Crippen LogP contribution in [0.2, 0.25) is 0 Å². The molecule has 0 aromatic heterocycles. The molecule has 0 unspecified atom stereocenters. The van der Waals surface area contributed by atoms with Gasteiger partial charge in [0, 0.05) is 17.4 Å². The van der Waals surface area contributed by atoms with Gasteiger partial charge in [-0.3, -0.25) is 4.79 Å². The number of amides is 1. The van der Waals surface area contributed by atoms with E-state index in [9.17, 15) is 9.18 Å². The molecule has 1 aliphatic heterocycles. The first-order valence-corrected chi connectivity index (χ1v) is 13.4. The van der Waals surface area contributed by atoms with Crippen molar-refractivity contribution < 1.29 is 9.18 Å². The van der Waals surface area contributed by atoms with Crippen molar-refractivity contribution in [2.75, 3.05) is 11.1 Å². The lowest BCUT2D eigenvalue weighted by Crippen LogP contribution is -2.29. The molecule has 0 radical (unpaired) electrons. The molecule has 3 aromatic carbocycles. The average Bonchev–Trinajstić information content (AvgIpc) is 3.39. The Labute approximate surface area is 216 Å². The molecule has 36 heavy (non-hydrogen) atoms. The molecule has 4 nitrogen and oxygen atoms in total. The van der Waals surface area contributed by atoms with Crippen LogP contribution >= 0.6 is 11.8 Å². The van der Waals surface area contributed by atoms with Gasteiger partial charge in [-0.1, -0.05) is 60.2 Å². The summed E-state index contributed by atoms with van der Waals surface area (Å²) in [5.74, 6) is 1.50. The SMILES string of the molecule is C/C(=N/NC(=O)CSCc1ccc(C)cc1)c1ccc2c(c1)[C@@H]1C=CC[C@@H]1[C@H](c1ccc(F)cc1)N2. The van der Waals surface area contributed by atoms with Gasteiger partial charge in [0.1, 0.15) is 5.82 Å². The zero-order valence-electron chi connectivity index (χ0n) is 20.5. The molecule has 3 atom stereocenters. The summed E-state index contributed by atoms with van der Waals surface area (Å²) in [4.78, 5) is 12.3. The first-order chi connectivity index (χ1) is 17.5. The molecule has 1 aliphatic carbocycles. The fourth-order valence-electron chi connectivity index (χ4n) is 5.01. The van der Waals surface area contributed by atoms with Gasteiger partial charge in [0.2, 0.25) is 5.91 Å². The van der Waals surface area contributed by atoms with E-state index < -0.39 is 0 Å². The van der Waals surface area contributed by atoms with Gasteiger partial charge in [-0.05, 0) is 72.7 Å². The normalized spacial score (nSPS) is 20.4. The quantitative estimate of drug-likeness (QED) is 0.215. The summed E-state index contributed by atoms with van der Waals surface area (Å²) in [7, 11) is 0. The standard InChI is InChI=1S/C30H30FN3OS/c1-19-6-8-21(9-7-19)17-36-18-29(35)34-33-20(2)23-12-15-28-27(16-23)25-4-3-5-26(25)30(32-28)22-10-13-24(31)14-11-22/h3-4,6-16,25-26,30,32H,5,17-18H2,1-2H3,(H,34,35)/b33-20-/t25-,26+,30+/m1/s1. The average molecular weight is 500 g/mol. The molecule has 184 valence electrons. The molecule has 6 heteroatoms. The number of halogens is 1. The van der Waals surface area contributed by atoms with Crippen molar-refractivity contribution in [2.24, 2.45) is 11.0 Å². The lowest BCUT2D eigenvalue weighted by molar-refractivity contribution is -0.118. The van der Waals surface area contributed by atoms with Gasteiger partial charge in [0.15, 0.2) is 0 Å². The number of rotatable bonds is 7. The summed E-state index contributed by atoms with van der Waals surface area (Å²) in [6, 6.07) is 21.6. The van der Waals surface area contributed by atoms with E-state index in [1.165, 1.54) is 28.8 Å². The summed E-state index contributed by atoms with van der Waals surface area (Å²) >= 11 is 1.58. The molecule has 0 spiro atoms. The number of nitrogens with one attached hydrogen (secondary N) is 2. The first-order valence-electron chi connectivity index (χ1n) is 12.3. The smallest absolute Gasteiger partial charge is 0.250 e. The number of nitrogens with zero attached hydrogens (tertiary/aromatic N) is 1. The Bertz CT molecular complexity index is 1300. The zero-order valence-corrected chi connectivity index (χ0v) is 21.3. The van der Waals surface area contributed by atoms with Gasteiger partial charge in [-0.15, -0.1) is 11.8 Å². The van der Waals surface area contributed by atoms with Crippen molar-refractivity contribution in [3.8, 4) is 0 Å². The van der Waals surface area contributed by atoms with Crippen LogP contribution < -0.4 is 10.7 Å². The molecule has 0 saturated heterocycles. The van der Waals surface area contributed by atoms with E-state index in [0.717, 1.165) is 34.7 Å². The number of carbonyl (C=O) groups is 1. The lowest BCUT2D eigenvalue weighted by atomic mass is 9.76. The molecule has 1 amide bonds. The number of allylic oxidation sites excluding steroid dienone is 2. The van der Waals surface area contributed by atoms with Crippen molar-refractivity contribution in [1.82, 2.24) is 5.43 Å². The number of fused-ring (bicyclic) bond motifs is 3. The van der Waals surface area contributed by atoms with E-state index >= 15 is 0 Å². The van der Waals surface area contributed by atoms with E-state index in [0.29, 0.717) is 11.7 Å². The molecule has 1 heterocycles. The molecule has 2 N–H and O–H groups in total. The van der Waals surface area contributed by atoms with Crippen LogP contribution in [0.25, 0.3) is 0 Å². The molecule has 2 aliphatic rings. The molecule has 0 saturated carbocycles. The number of carbonyl (C=O) groups excluding carboxylic acids is 1. The number of thioether (sulfide) groups is 1. The van der Waals surface area contributed by atoms with Gasteiger partial charge in [-0.25, -0.2) is 9.82 Å². The van der Waals surface area contributed by atoms with E-state index in [4.69, 9.17) is 0 Å². The first kappa shape index (κ1) is 24.3. The highest BCUT2D eigenvalue weighted by molar-refractivity contribution is 7.99. The van der Waals surface area contributed by atoms with Crippen molar-refractivity contribution in [3.05, 3.63) is 113 Å². The second-order valence-electron chi connectivity index (χ2n) is 9.54. The van der Waals surface area contributed by atoms with E-state index in [-0.39, 0.29) is 23.7 Å². The molecule has 0 bridgehead atoms. The minimum atomic E-state index is -0.215. The maximum absolute atomic E-state index is 13.5. The van der Waals surface area contributed by atoms with Crippen molar-refractivity contribution in [3.63, 3.8) is 0 Å². The third kappa shape index (κ3) is 5.39. The fourth-order valence-corrected chi connectivity index (χ4v) is 5.79. The lowest BCUT2D eigenvalue weighted by Gasteiger charge is -2.37. The molecule has 5 rings (SSSR count). The van der Waals surface area contributed by atoms with Crippen molar-refractivity contribution in [1.29, 1.82) is 0 Å². The van der Waals surface area contributed by atoms with Crippen LogP contribution in [-0.4, -0.2) is 17.4 Å². The van der Waals surface area contributed by atoms with E-state index in [1.807, 2.05) is 25.1 Å². The van der Waals surface area contributed by atoms with E-state index in [1.54, 1.807) is 11.8 Å². The molecule has 0 fully saturated rings. The minimum absolute atomic E-state index is 0.105. The zero-order chi connectivity index (χ0) is 25.1. The third-order valence-electron chi connectivity index (χ3n) is 6.98. The topological polar surface area (TPSA) is 53.5 Å². The molecular formula is C30H30FN3OS. The van der Waals surface area contributed by atoms with Gasteiger partial charge in [0.25, 0.3) is 0 Å². The highest BCUT2D eigenvalue weighted by Gasteiger charge is 2.38. The predicted molar refractivity (Wildman–Crippen MR) is 147 cm³/mol. The number of anilines is 1. The number of hydrogen-bond acceptors (Lipinski definition) is 4. The van der Waals surface area contributed by atoms with Crippen LogP contribution in [0.1, 0.15) is 53.1 Å². The predicted octanol–water partition coefficient (Wildman–Crippen LogP) is 6.73. The summed E-state index contributed by atoms with van der Waals surface area (Å²) in [6.45, 7) is 3.98. The van der Waals surface area contributed by atoms with Crippen LogP contribution in [0.3, 0.4) is 0 Å². The monoisotopic (exact) mass is 499 g/mol. The highest BCUT2D eigenvalue weighted by Crippen LogP contribution is 2.49. The van der Waals surface area contributed by atoms with E-state index in [2.05, 4.69) is 71.3 Å². The van der Waals surface area contributed by atoms with Crippen LogP contribution in [0.5, 0.6) is 0 Å². The Kier molecular flexibility index (Phi) is 7.23. The van der Waals surface area contributed by atoms with Crippen LogP contribution in [0.4, 0.5) is 10.1 Å². The summed E-state index contributed by atoms with van der Waals surface area (Å²) in [5.41, 5.74) is 10.3. The molecule has 3 aromatic rings. The Hall–Kier alpha value is -3.38. The summed E-state index contributed by atoms with van der Waals surface area (Å²) in [5, 5.41) is 8.05. The second kappa shape index (κ2) is 10.7. The van der Waals surface area contributed by atoms with Crippen LogP contribution in [-0.2, 0) is 10.5 Å². The van der Waals surface area contributed by atoms with Crippen LogP contribution in [0.15, 0.2) is 84.0 Å². The Balaban J connectivity index is 1.24. The van der Waals surface area contributed by atoms with Gasteiger partial charge in [0.05, 0.1) is 17.5 Å². The van der Waals surface area contributed by atoms with Crippen molar-refractivity contribution in [2.45, 2.75) is 38.0 Å². The Morgan fingerprint density at radius 2 is 1.89 bits per heavy atom. The van der Waals surface area contributed by atoms with Crippen LogP contribution in [0, 0.1) is 18.7 Å². The minimum Gasteiger partial charge on any atom is -0.378 e. The third-order valence-corrected chi connectivity index (χ3v) is 7.98. The largest absolute Gasteiger partial charge is 0.378 e. The number of aryl methyl sites for hydroxylation is 1. The second-order valence-corrected chi connectivity index (χ2v) is 10.5.